The van der Waals surface area contributed by atoms with E-state index in [1.165, 1.54) is 11.6 Å². The standard InChI is InChI=1S/C16H15N3O2S/c1-10-6-7-14-15(8-10)18-16(17-14)22-11(2)12-4-3-5-13(9-12)19(20)21/h3-9,11H,1-2H3,(H,17,18). The number of nitrogens with one attached hydrogen (secondary N) is 1. The van der Waals surface area contributed by atoms with Crippen LogP contribution in [0.1, 0.15) is 23.3 Å². The number of aromatic amines is 1. The van der Waals surface area contributed by atoms with Gasteiger partial charge in [-0.2, -0.15) is 0 Å². The van der Waals surface area contributed by atoms with Crippen LogP contribution in [-0.4, -0.2) is 14.9 Å². The summed E-state index contributed by atoms with van der Waals surface area (Å²) in [6.07, 6.45) is 0. The summed E-state index contributed by atoms with van der Waals surface area (Å²) in [4.78, 5) is 18.3. The molecular formula is C16H15N3O2S. The summed E-state index contributed by atoms with van der Waals surface area (Å²) < 4.78 is 0. The van der Waals surface area contributed by atoms with Gasteiger partial charge in [0.25, 0.3) is 5.69 Å². The van der Waals surface area contributed by atoms with Crippen molar-refractivity contribution in [2.75, 3.05) is 0 Å². The number of hydrogen-bond donors (Lipinski definition) is 1. The Morgan fingerprint density at radius 2 is 2.09 bits per heavy atom. The maximum absolute atomic E-state index is 10.9. The second kappa shape index (κ2) is 5.81. The van der Waals surface area contributed by atoms with E-state index in [4.69, 9.17) is 0 Å². The SMILES string of the molecule is Cc1ccc2nc(SC(C)c3cccc([N+](=O)[O-])c3)[nH]c2c1. The predicted molar refractivity (Wildman–Crippen MR) is 88.2 cm³/mol. The van der Waals surface area contributed by atoms with E-state index in [1.54, 1.807) is 23.9 Å². The number of hydrogen-bond acceptors (Lipinski definition) is 4. The van der Waals surface area contributed by atoms with Crippen molar-refractivity contribution in [2.24, 2.45) is 0 Å². The highest BCUT2D eigenvalue weighted by Gasteiger charge is 2.14. The Morgan fingerprint density at radius 1 is 1.27 bits per heavy atom. The van der Waals surface area contributed by atoms with E-state index in [-0.39, 0.29) is 15.9 Å². The minimum absolute atomic E-state index is 0.0709. The molecule has 22 heavy (non-hydrogen) atoms. The van der Waals surface area contributed by atoms with E-state index in [9.17, 15) is 10.1 Å². The minimum Gasteiger partial charge on any atom is -0.333 e. The van der Waals surface area contributed by atoms with Crippen molar-refractivity contribution in [3.63, 3.8) is 0 Å². The molecule has 3 aromatic rings. The first kappa shape index (κ1) is 14.6. The first-order chi connectivity index (χ1) is 10.5. The summed E-state index contributed by atoms with van der Waals surface area (Å²) in [5, 5.41) is 11.8. The summed E-state index contributed by atoms with van der Waals surface area (Å²) in [6, 6.07) is 12.8. The molecule has 0 fully saturated rings. The summed E-state index contributed by atoms with van der Waals surface area (Å²) in [5.41, 5.74) is 4.15. The van der Waals surface area contributed by atoms with E-state index in [0.29, 0.717) is 0 Å². The Kier molecular flexibility index (Phi) is 3.85. The lowest BCUT2D eigenvalue weighted by Gasteiger charge is -2.09. The number of H-pyrrole nitrogens is 1. The van der Waals surface area contributed by atoms with E-state index < -0.39 is 0 Å². The Bertz CT molecular complexity index is 844. The van der Waals surface area contributed by atoms with Gasteiger partial charge in [0.15, 0.2) is 5.16 Å². The number of nitro groups is 1. The van der Waals surface area contributed by atoms with Crippen molar-refractivity contribution in [1.29, 1.82) is 0 Å². The fourth-order valence-electron chi connectivity index (χ4n) is 2.28. The maximum Gasteiger partial charge on any atom is 0.269 e. The molecule has 0 amide bonds. The molecule has 0 saturated heterocycles. The topological polar surface area (TPSA) is 71.8 Å². The lowest BCUT2D eigenvalue weighted by molar-refractivity contribution is -0.384. The van der Waals surface area contributed by atoms with Crippen LogP contribution in [0, 0.1) is 17.0 Å². The van der Waals surface area contributed by atoms with Gasteiger partial charge < -0.3 is 4.98 Å². The Labute approximate surface area is 131 Å². The van der Waals surface area contributed by atoms with Gasteiger partial charge in [0.2, 0.25) is 0 Å². The number of imidazole rings is 1. The van der Waals surface area contributed by atoms with Crippen LogP contribution in [0.2, 0.25) is 0 Å². The fourth-order valence-corrected chi connectivity index (χ4v) is 3.22. The number of benzene rings is 2. The molecule has 3 rings (SSSR count). The molecule has 1 heterocycles. The molecule has 0 radical (unpaired) electrons. The largest absolute Gasteiger partial charge is 0.333 e. The van der Waals surface area contributed by atoms with E-state index >= 15 is 0 Å². The molecule has 1 aromatic heterocycles. The van der Waals surface area contributed by atoms with Crippen molar-refractivity contribution in [3.8, 4) is 0 Å². The van der Waals surface area contributed by atoms with Gasteiger partial charge in [-0.05, 0) is 37.1 Å². The second-order valence-electron chi connectivity index (χ2n) is 5.17. The number of nitro benzene ring substituents is 1. The van der Waals surface area contributed by atoms with Crippen molar-refractivity contribution >= 4 is 28.5 Å². The molecule has 0 spiro atoms. The number of thioether (sulfide) groups is 1. The molecule has 0 aliphatic carbocycles. The minimum atomic E-state index is -0.370. The van der Waals surface area contributed by atoms with Crippen LogP contribution >= 0.6 is 11.8 Å². The molecule has 0 aliphatic heterocycles. The summed E-state index contributed by atoms with van der Waals surface area (Å²) >= 11 is 1.56. The van der Waals surface area contributed by atoms with Crippen LogP contribution in [0.5, 0.6) is 0 Å². The van der Waals surface area contributed by atoms with Crippen LogP contribution in [0.15, 0.2) is 47.6 Å². The normalized spacial score (nSPS) is 12.5. The van der Waals surface area contributed by atoms with Crippen LogP contribution in [-0.2, 0) is 0 Å². The van der Waals surface area contributed by atoms with Crippen LogP contribution in [0.3, 0.4) is 0 Å². The van der Waals surface area contributed by atoms with E-state index in [1.807, 2.05) is 32.0 Å². The Balaban J connectivity index is 1.84. The molecular weight excluding hydrogens is 298 g/mol. The molecule has 6 heteroatoms. The van der Waals surface area contributed by atoms with Crippen molar-refractivity contribution < 1.29 is 4.92 Å². The molecule has 0 aliphatic rings. The highest BCUT2D eigenvalue weighted by Crippen LogP contribution is 2.35. The smallest absolute Gasteiger partial charge is 0.269 e. The van der Waals surface area contributed by atoms with Gasteiger partial charge in [-0.1, -0.05) is 30.0 Å². The van der Waals surface area contributed by atoms with Gasteiger partial charge in [0.05, 0.1) is 16.0 Å². The molecule has 112 valence electrons. The molecule has 0 bridgehead atoms. The average molecular weight is 313 g/mol. The third kappa shape index (κ3) is 2.96. The first-order valence-electron chi connectivity index (χ1n) is 6.90. The fraction of sp³-hybridized carbons (Fsp3) is 0.188. The number of fused-ring (bicyclic) bond motifs is 1. The lowest BCUT2D eigenvalue weighted by Crippen LogP contribution is -1.93. The Hall–Kier alpha value is -2.34. The van der Waals surface area contributed by atoms with Gasteiger partial charge in [-0.3, -0.25) is 10.1 Å². The molecule has 5 nitrogen and oxygen atoms in total. The third-order valence-corrected chi connectivity index (χ3v) is 4.50. The number of nitrogens with zero attached hydrogens (tertiary/aromatic N) is 2. The first-order valence-corrected chi connectivity index (χ1v) is 7.78. The molecule has 1 atom stereocenters. The van der Waals surface area contributed by atoms with Gasteiger partial charge in [-0.15, -0.1) is 0 Å². The third-order valence-electron chi connectivity index (χ3n) is 3.45. The zero-order chi connectivity index (χ0) is 15.7. The van der Waals surface area contributed by atoms with Crippen molar-refractivity contribution in [3.05, 3.63) is 63.7 Å². The molecule has 2 aromatic carbocycles. The monoisotopic (exact) mass is 313 g/mol. The van der Waals surface area contributed by atoms with Crippen LogP contribution in [0.4, 0.5) is 5.69 Å². The van der Waals surface area contributed by atoms with Crippen LogP contribution in [0.25, 0.3) is 11.0 Å². The summed E-state index contributed by atoms with van der Waals surface area (Å²) in [6.45, 7) is 4.06. The number of non-ortho nitro benzene ring substituents is 1. The average Bonchev–Trinajstić information content (AvgIpc) is 2.88. The molecule has 0 saturated carbocycles. The highest BCUT2D eigenvalue weighted by atomic mass is 32.2. The highest BCUT2D eigenvalue weighted by molar-refractivity contribution is 7.99. The van der Waals surface area contributed by atoms with Gasteiger partial charge in [-0.25, -0.2) is 4.98 Å². The summed E-state index contributed by atoms with van der Waals surface area (Å²) in [5.74, 6) is 0. The maximum atomic E-state index is 10.9. The van der Waals surface area contributed by atoms with E-state index in [2.05, 4.69) is 16.0 Å². The molecule has 1 N–H and O–H groups in total. The quantitative estimate of drug-likeness (QED) is 0.433. The van der Waals surface area contributed by atoms with Gasteiger partial charge >= 0.3 is 0 Å². The molecule has 1 unspecified atom stereocenters. The number of rotatable bonds is 4. The summed E-state index contributed by atoms with van der Waals surface area (Å²) in [7, 11) is 0. The van der Waals surface area contributed by atoms with E-state index in [0.717, 1.165) is 21.8 Å². The predicted octanol–water partition coefficient (Wildman–Crippen LogP) is 4.63. The van der Waals surface area contributed by atoms with Gasteiger partial charge in [0.1, 0.15) is 0 Å². The lowest BCUT2D eigenvalue weighted by atomic mass is 10.1. The van der Waals surface area contributed by atoms with Gasteiger partial charge in [0, 0.05) is 17.4 Å². The van der Waals surface area contributed by atoms with Crippen LogP contribution < -0.4 is 0 Å². The second-order valence-corrected chi connectivity index (χ2v) is 6.50. The van der Waals surface area contributed by atoms with Crippen molar-refractivity contribution in [2.45, 2.75) is 24.3 Å². The number of aromatic nitrogens is 2. The number of aryl methyl sites for hydroxylation is 1. The Morgan fingerprint density at radius 3 is 2.86 bits per heavy atom. The zero-order valence-electron chi connectivity index (χ0n) is 12.2. The zero-order valence-corrected chi connectivity index (χ0v) is 13.1. The van der Waals surface area contributed by atoms with Crippen molar-refractivity contribution in [1.82, 2.24) is 9.97 Å².